The number of piperidine rings is 6. The predicted molar refractivity (Wildman–Crippen MR) is 440 cm³/mol. The van der Waals surface area contributed by atoms with Gasteiger partial charge in [-0.2, -0.15) is 0 Å². The molecule has 15 aliphatic rings. The number of aliphatic hydroxyl groups excluding tert-OH is 3. The number of Topliss-reactive ketones (excluding diaryl/α,β-unsaturated/α-hetero) is 1. The van der Waals surface area contributed by atoms with E-state index in [1.165, 1.54) is 159 Å². The number of ether oxygens (including phenoxy) is 8. The summed E-state index contributed by atoms with van der Waals surface area (Å²) in [5.41, 5.74) is 12.3. The summed E-state index contributed by atoms with van der Waals surface area (Å²) in [5.74, 6) is 8.01. The standard InChI is InChI=1S/C28H38N2O3.C24H32N2O5.C19H24N2O.C11H18O5.C4H10O.3CH4.BF3/c1-5-18-11-17-12-22-26-20(9-10-30(14-17)27(18)22)21-13-19(7-8-23(21)29-26)32-28-25(16(4)31)15(3)24(6-2)33-28;1-2-13-7-12-8-17-20-15(5-6-26(10-12)21(13)17)16-9-14(3-4-18(16)25-20)30-24-23(29)22(28)19(11-27)31-24;1-2-12-7-11-8-16-18-14(5-6-21(10-11)19(12)16)15-9-13(22)3-4-17(15)20-18;1-5-9-6(2)10(14-7(3)12)11(16-9)15-8(4)13;1-3-5-4-2;;;;2-1(3)4/h7-8,13,15,17-18,22,24-25,27-29H,5-6,9-12,14H2,1-4H3;3-4,9,12-13,17,19,21-25,27-29H,2,5-8,10-11H2,1H3;3-4,9,11-12,16,19-20,22H,2,5-8,10H2,1H3;6,9-11H,5H2,1-4H3;3-4H2,1-2H3;3*1H4;/t15-,17+,18+,22+,24-,25+,27?,28?;12-,13-,17-,19+,21?,22+,23+,24?;11-,12-,16-,19?;6-,9-,10-,11?;;;;;/m1001...../s1. The van der Waals surface area contributed by atoms with Crippen LogP contribution in [0.2, 0.25) is 0 Å². The van der Waals surface area contributed by atoms with Crippen molar-refractivity contribution in [3.8, 4) is 17.2 Å². The van der Waals surface area contributed by atoms with E-state index in [0.717, 1.165) is 111 Å². The molecule has 9 saturated heterocycles. The van der Waals surface area contributed by atoms with E-state index in [-0.39, 0.29) is 64.6 Å². The first-order valence-corrected chi connectivity index (χ1v) is 41.9. The van der Waals surface area contributed by atoms with Gasteiger partial charge in [0, 0.05) is 158 Å². The minimum absolute atomic E-state index is 0. The molecule has 3 aromatic heterocycles. The second-order valence-corrected chi connectivity index (χ2v) is 33.7. The molecule has 3 aliphatic carbocycles. The number of H-pyrrole nitrogens is 3. The third kappa shape index (κ3) is 18.6. The van der Waals surface area contributed by atoms with E-state index in [2.05, 4.69) is 76.4 Å². The summed E-state index contributed by atoms with van der Waals surface area (Å²) < 4.78 is 73.4. The van der Waals surface area contributed by atoms with E-state index in [1.807, 2.05) is 64.1 Å². The van der Waals surface area contributed by atoms with E-state index in [4.69, 9.17) is 37.9 Å². The van der Waals surface area contributed by atoms with Gasteiger partial charge >= 0.3 is 19.5 Å². The summed E-state index contributed by atoms with van der Waals surface area (Å²) in [4.78, 5) is 53.9. The van der Waals surface area contributed by atoms with Crippen molar-refractivity contribution < 1.29 is 85.7 Å². The van der Waals surface area contributed by atoms with E-state index in [0.29, 0.717) is 41.3 Å². The largest absolute Gasteiger partial charge is 0.762 e. The molecule has 6 aromatic rings. The Labute approximate surface area is 674 Å². The highest BCUT2D eigenvalue weighted by atomic mass is 19.4. The molecule has 114 heavy (non-hydrogen) atoms. The van der Waals surface area contributed by atoms with Crippen molar-refractivity contribution in [3.63, 3.8) is 0 Å². The van der Waals surface area contributed by atoms with Crippen LogP contribution in [0.1, 0.15) is 228 Å². The second kappa shape index (κ2) is 39.1. The number of nitrogens with zero attached hydrogens (tertiary/aromatic N) is 3. The van der Waals surface area contributed by atoms with Gasteiger partial charge in [0.1, 0.15) is 41.3 Å². The lowest BCUT2D eigenvalue weighted by Gasteiger charge is -2.53. The van der Waals surface area contributed by atoms with Crippen molar-refractivity contribution in [2.75, 3.05) is 59.1 Å². The smallest absolute Gasteiger partial charge is 0.508 e. The van der Waals surface area contributed by atoms with Crippen LogP contribution < -0.4 is 9.47 Å². The molecule has 0 amide bonds. The van der Waals surface area contributed by atoms with Crippen LogP contribution >= 0.6 is 0 Å². The Morgan fingerprint density at radius 1 is 0.509 bits per heavy atom. The van der Waals surface area contributed by atoms with Crippen LogP contribution in [0.3, 0.4) is 0 Å². The number of benzene rings is 3. The third-order valence-corrected chi connectivity index (χ3v) is 27.2. The van der Waals surface area contributed by atoms with Gasteiger partial charge in [-0.3, -0.25) is 42.0 Å². The minimum Gasteiger partial charge on any atom is -0.508 e. The van der Waals surface area contributed by atoms with Crippen molar-refractivity contribution in [1.82, 2.24) is 29.7 Å². The zero-order chi connectivity index (χ0) is 79.0. The van der Waals surface area contributed by atoms with Crippen LogP contribution in [0.25, 0.3) is 32.7 Å². The number of nitrogens with one attached hydrogen (secondary N) is 3. The number of aromatic hydroxyl groups is 1. The summed E-state index contributed by atoms with van der Waals surface area (Å²) >= 11 is 0. The Morgan fingerprint density at radius 3 is 1.26 bits per heavy atom. The van der Waals surface area contributed by atoms with Crippen molar-refractivity contribution in [1.29, 1.82) is 0 Å². The number of hydrogen-bond acceptors (Lipinski definition) is 18. The highest BCUT2D eigenvalue weighted by Gasteiger charge is 2.53. The van der Waals surface area contributed by atoms with Crippen LogP contribution in [0.5, 0.6) is 17.2 Å². The quantitative estimate of drug-likeness (QED) is 0.0372. The van der Waals surface area contributed by atoms with Crippen LogP contribution in [-0.2, 0) is 62.1 Å². The summed E-state index contributed by atoms with van der Waals surface area (Å²) in [6, 6.07) is 20.2. The summed E-state index contributed by atoms with van der Waals surface area (Å²) in [7, 11) is -3.67. The molecule has 0 radical (unpaired) electrons. The van der Waals surface area contributed by atoms with Gasteiger partial charge in [-0.1, -0.05) is 90.0 Å². The van der Waals surface area contributed by atoms with Crippen LogP contribution in [0.4, 0.5) is 12.9 Å². The first kappa shape index (κ1) is 90.1. The number of ketones is 1. The number of halogens is 3. The highest BCUT2D eigenvalue weighted by Crippen LogP contribution is 2.55. The van der Waals surface area contributed by atoms with Crippen LogP contribution in [0.15, 0.2) is 54.6 Å². The second-order valence-electron chi connectivity index (χ2n) is 33.7. The van der Waals surface area contributed by atoms with Crippen LogP contribution in [0, 0.1) is 53.3 Å². The molecule has 15 heterocycles. The summed E-state index contributed by atoms with van der Waals surface area (Å²) in [6.45, 7) is 32.1. The number of phenols is 1. The number of carbonyl (C=O) groups excluding carboxylic acids is 3. The molecule has 3 aromatic carbocycles. The summed E-state index contributed by atoms with van der Waals surface area (Å²) in [5, 5.41) is 43.1. The predicted octanol–water partition coefficient (Wildman–Crippen LogP) is 15.7. The third-order valence-electron chi connectivity index (χ3n) is 27.2. The van der Waals surface area contributed by atoms with Crippen molar-refractivity contribution >= 4 is 58.0 Å². The lowest BCUT2D eigenvalue weighted by molar-refractivity contribution is -0.194. The average Bonchev–Trinajstić information content (AvgIpc) is 1.63. The number of fused-ring (bicyclic) bond motifs is 12. The Hall–Kier alpha value is -6.26. The van der Waals surface area contributed by atoms with Gasteiger partial charge in [-0.15, -0.1) is 0 Å². The van der Waals surface area contributed by atoms with Gasteiger partial charge in [-0.05, 0) is 204 Å². The number of phenolic OH excluding ortho intramolecular Hbond substituents is 1. The number of aromatic nitrogens is 3. The van der Waals surface area contributed by atoms with Gasteiger partial charge < -0.3 is 73.3 Å². The SMILES string of the molecule is C.C.C.CCOCC.CC[C@H]1C[C@H]2C[C@H]3c4[nH]c5ccc(O)cc5c4CCN(C2)C13.CC[C@H]1C[C@H]2C[C@H]3c4[nH]c5ccc(OC6O[C@H](CC)[C@@H](C)[C@H]6C(C)=O)cc5c4CCN(C2)C13.CC[C@H]1C[C@H]2C[C@H]3c4[nH]c5ccc(OC6O[C@H](CO)[C@@H](O)[C@H]6O)cc5c4CCN(C2)C13.CC[C@H]1OC(OC(C)=O)[C@H](OC(C)=O)[C@@H]1C.FB(F)F. The maximum Gasteiger partial charge on any atom is 0.762 e. The number of esters is 2. The first-order chi connectivity index (χ1) is 53.4. The first-order valence-electron chi connectivity index (χ1n) is 41.9. The molecule has 634 valence electrons. The van der Waals surface area contributed by atoms with E-state index in [1.54, 1.807) is 13.0 Å². The average molecular weight is 1600 g/mol. The van der Waals surface area contributed by atoms with Crippen LogP contribution in [-0.4, -0.2) is 208 Å². The number of carbonyl (C=O) groups is 3. The minimum atomic E-state index is -3.67. The Kier molecular flexibility index (Phi) is 30.9. The molecule has 9 unspecified atom stereocenters. The zero-order valence-corrected chi connectivity index (χ0v) is 67.1. The van der Waals surface area contributed by atoms with Crippen molar-refractivity contribution in [2.24, 2.45) is 53.3 Å². The van der Waals surface area contributed by atoms with Crippen molar-refractivity contribution in [3.05, 3.63) is 88.4 Å². The lowest BCUT2D eigenvalue weighted by Crippen LogP contribution is -2.56. The molecule has 3 saturated carbocycles. The Bertz CT molecular complexity index is 4160. The molecule has 21 nitrogen and oxygen atoms in total. The zero-order valence-electron chi connectivity index (χ0n) is 67.1. The van der Waals surface area contributed by atoms with Gasteiger partial charge in [-0.25, -0.2) is 0 Å². The molecule has 12 aliphatic heterocycles. The highest BCUT2D eigenvalue weighted by molar-refractivity contribution is 6.33. The van der Waals surface area contributed by atoms with E-state index in [9.17, 15) is 47.8 Å². The molecule has 25 heteroatoms. The molecule has 12 fully saturated rings. The molecule has 7 N–H and O–H groups in total. The molecule has 21 rings (SSSR count). The van der Waals surface area contributed by atoms with E-state index >= 15 is 0 Å². The monoisotopic (exact) mass is 1590 g/mol. The fourth-order valence-corrected chi connectivity index (χ4v) is 22.5. The Balaban J connectivity index is 0.000000158. The molecule has 12 bridgehead atoms. The maximum absolute atomic E-state index is 12.4. The van der Waals surface area contributed by atoms with Gasteiger partial charge in [0.25, 0.3) is 0 Å². The topological polar surface area (TPSA) is 263 Å². The number of hydrogen-bond donors (Lipinski definition) is 7. The number of aliphatic hydroxyl groups is 3. The Morgan fingerprint density at radius 2 is 0.895 bits per heavy atom. The number of aromatic amines is 3. The van der Waals surface area contributed by atoms with Gasteiger partial charge in [0.2, 0.25) is 18.9 Å². The van der Waals surface area contributed by atoms with Gasteiger partial charge in [0.05, 0.1) is 24.7 Å². The van der Waals surface area contributed by atoms with Crippen molar-refractivity contribution in [2.45, 2.75) is 287 Å². The summed E-state index contributed by atoms with van der Waals surface area (Å²) in [6.07, 6.45) is 11.1. The fraction of sp³-hybridized carbons (Fsp3) is 0.697. The van der Waals surface area contributed by atoms with E-state index < -0.39 is 62.8 Å². The molecular weight excluding hydrogens is 1460 g/mol. The normalized spacial score (nSPS) is 35.0. The number of rotatable bonds is 15. The lowest BCUT2D eigenvalue weighted by atomic mass is 9.65. The molecule has 27 atom stereocenters. The molecular formula is C89H134BF3N6O15. The molecule has 0 spiro atoms. The van der Waals surface area contributed by atoms with Gasteiger partial charge in [0.15, 0.2) is 6.10 Å². The fourth-order valence-electron chi connectivity index (χ4n) is 22.5. The maximum atomic E-state index is 12.4.